The molecule has 1 amide bonds. The van der Waals surface area contributed by atoms with Crippen LogP contribution in [0.3, 0.4) is 0 Å². The Morgan fingerprint density at radius 3 is 2.74 bits per heavy atom. The number of carbonyl (C=O) groups excluding carboxylic acids is 1. The lowest BCUT2D eigenvalue weighted by molar-refractivity contribution is 0.0954. The molecule has 0 saturated heterocycles. The number of allylic oxidation sites excluding steroid dienone is 3. The first kappa shape index (κ1) is 16.8. The number of nitrogens with one attached hydrogen (secondary N) is 1. The molecule has 0 radical (unpaired) electrons. The Morgan fingerprint density at radius 2 is 2.00 bits per heavy atom. The molecule has 1 heterocycles. The molecular formula is C18H16BrN3O. The van der Waals surface area contributed by atoms with Crippen molar-refractivity contribution in [2.45, 2.75) is 6.92 Å². The van der Waals surface area contributed by atoms with Gasteiger partial charge in [-0.05, 0) is 40.6 Å². The molecule has 23 heavy (non-hydrogen) atoms. The van der Waals surface area contributed by atoms with Crippen molar-refractivity contribution in [3.05, 3.63) is 82.6 Å². The molecule has 0 aliphatic carbocycles. The number of hydrazone groups is 1. The molecule has 1 aromatic carbocycles. The minimum atomic E-state index is -0.300. The van der Waals surface area contributed by atoms with E-state index in [4.69, 9.17) is 0 Å². The standard InChI is InChI=1S/C18H16BrN3O/c1-14(7-5-6-10-15-8-3-2-4-9-15)21-22-18(23)16-11-17(19)13-20-12-16/h2-13H,1H3,(H,22,23)/b7-5-,10-6+,21-14?. The molecule has 1 N–H and O–H groups in total. The summed E-state index contributed by atoms with van der Waals surface area (Å²) < 4.78 is 0.747. The predicted molar refractivity (Wildman–Crippen MR) is 97.1 cm³/mol. The Morgan fingerprint density at radius 1 is 1.22 bits per heavy atom. The average Bonchev–Trinajstić information content (AvgIpc) is 2.57. The largest absolute Gasteiger partial charge is 0.272 e. The molecule has 0 aliphatic rings. The molecule has 0 unspecified atom stereocenters. The van der Waals surface area contributed by atoms with E-state index in [1.165, 1.54) is 6.20 Å². The SMILES string of the molecule is CC(/C=C\C=C\c1ccccc1)=NNC(=O)c1cncc(Br)c1. The van der Waals surface area contributed by atoms with Crippen LogP contribution in [0.4, 0.5) is 0 Å². The molecule has 2 aromatic rings. The van der Waals surface area contributed by atoms with E-state index in [2.05, 4.69) is 31.4 Å². The summed E-state index contributed by atoms with van der Waals surface area (Å²) >= 11 is 3.27. The predicted octanol–water partition coefficient (Wildman–Crippen LogP) is 4.22. The van der Waals surface area contributed by atoms with Gasteiger partial charge in [0, 0.05) is 16.9 Å². The molecule has 116 valence electrons. The van der Waals surface area contributed by atoms with Gasteiger partial charge in [-0.2, -0.15) is 5.10 Å². The number of carbonyl (C=O) groups is 1. The molecule has 0 saturated carbocycles. The summed E-state index contributed by atoms with van der Waals surface area (Å²) in [5.74, 6) is -0.300. The lowest BCUT2D eigenvalue weighted by Gasteiger charge is -2.00. The molecule has 4 nitrogen and oxygen atoms in total. The summed E-state index contributed by atoms with van der Waals surface area (Å²) in [7, 11) is 0. The van der Waals surface area contributed by atoms with Gasteiger partial charge in [0.2, 0.25) is 0 Å². The van der Waals surface area contributed by atoms with Gasteiger partial charge in [-0.1, -0.05) is 48.6 Å². The molecule has 0 fully saturated rings. The Bertz CT molecular complexity index is 752. The molecule has 1 aromatic heterocycles. The molecule has 2 rings (SSSR count). The number of aromatic nitrogens is 1. The topological polar surface area (TPSA) is 54.4 Å². The van der Waals surface area contributed by atoms with Gasteiger partial charge in [-0.25, -0.2) is 5.43 Å². The zero-order chi connectivity index (χ0) is 16.5. The Balaban J connectivity index is 1.89. The molecule has 0 spiro atoms. The molecule has 0 atom stereocenters. The molecular weight excluding hydrogens is 354 g/mol. The highest BCUT2D eigenvalue weighted by Gasteiger charge is 2.04. The maximum atomic E-state index is 11.9. The van der Waals surface area contributed by atoms with Crippen LogP contribution in [-0.2, 0) is 0 Å². The second-order valence-electron chi connectivity index (χ2n) is 4.71. The van der Waals surface area contributed by atoms with Crippen LogP contribution >= 0.6 is 15.9 Å². The van der Waals surface area contributed by atoms with Gasteiger partial charge in [-0.3, -0.25) is 9.78 Å². The number of pyridine rings is 1. The van der Waals surface area contributed by atoms with E-state index in [0.29, 0.717) is 11.3 Å². The van der Waals surface area contributed by atoms with E-state index in [9.17, 15) is 4.79 Å². The summed E-state index contributed by atoms with van der Waals surface area (Å²) in [5.41, 5.74) is 4.77. The fraction of sp³-hybridized carbons (Fsp3) is 0.0556. The smallest absolute Gasteiger partial charge is 0.267 e. The van der Waals surface area contributed by atoms with Crippen LogP contribution in [0.25, 0.3) is 6.08 Å². The Labute approximate surface area is 143 Å². The van der Waals surface area contributed by atoms with Gasteiger partial charge in [-0.15, -0.1) is 0 Å². The van der Waals surface area contributed by atoms with Crippen LogP contribution < -0.4 is 5.43 Å². The third kappa shape index (κ3) is 6.00. The van der Waals surface area contributed by atoms with Crippen molar-refractivity contribution in [2.24, 2.45) is 5.10 Å². The summed E-state index contributed by atoms with van der Waals surface area (Å²) in [6.45, 7) is 1.81. The van der Waals surface area contributed by atoms with Crippen LogP contribution in [0.2, 0.25) is 0 Å². The highest BCUT2D eigenvalue weighted by atomic mass is 79.9. The fourth-order valence-electron chi connectivity index (χ4n) is 1.70. The van der Waals surface area contributed by atoms with Gasteiger partial charge in [0.25, 0.3) is 5.91 Å². The van der Waals surface area contributed by atoms with Crippen LogP contribution in [0.5, 0.6) is 0 Å². The van der Waals surface area contributed by atoms with E-state index >= 15 is 0 Å². The van der Waals surface area contributed by atoms with Gasteiger partial charge in [0.05, 0.1) is 11.3 Å². The van der Waals surface area contributed by atoms with E-state index in [-0.39, 0.29) is 5.91 Å². The first-order valence-corrected chi connectivity index (χ1v) is 7.79. The monoisotopic (exact) mass is 369 g/mol. The minimum Gasteiger partial charge on any atom is -0.267 e. The maximum absolute atomic E-state index is 11.9. The van der Waals surface area contributed by atoms with Gasteiger partial charge >= 0.3 is 0 Å². The van der Waals surface area contributed by atoms with E-state index in [0.717, 1.165) is 10.0 Å². The third-order valence-electron chi connectivity index (χ3n) is 2.84. The van der Waals surface area contributed by atoms with Crippen LogP contribution in [-0.4, -0.2) is 16.6 Å². The van der Waals surface area contributed by atoms with Crippen molar-refractivity contribution in [1.29, 1.82) is 0 Å². The lowest BCUT2D eigenvalue weighted by atomic mass is 10.2. The summed E-state index contributed by atoms with van der Waals surface area (Å²) in [4.78, 5) is 15.8. The second-order valence-corrected chi connectivity index (χ2v) is 5.63. The number of amides is 1. The lowest BCUT2D eigenvalue weighted by Crippen LogP contribution is -2.18. The first-order chi connectivity index (χ1) is 11.1. The highest BCUT2D eigenvalue weighted by molar-refractivity contribution is 9.10. The zero-order valence-electron chi connectivity index (χ0n) is 12.6. The average molecular weight is 370 g/mol. The molecule has 0 bridgehead atoms. The zero-order valence-corrected chi connectivity index (χ0v) is 14.2. The van der Waals surface area contributed by atoms with Crippen LogP contribution in [0.1, 0.15) is 22.8 Å². The van der Waals surface area contributed by atoms with Crippen molar-refractivity contribution in [1.82, 2.24) is 10.4 Å². The second kappa shape index (κ2) is 8.80. The number of hydrogen-bond acceptors (Lipinski definition) is 3. The minimum absolute atomic E-state index is 0.300. The van der Waals surface area contributed by atoms with Gasteiger partial charge < -0.3 is 0 Å². The van der Waals surface area contributed by atoms with Crippen molar-refractivity contribution < 1.29 is 4.79 Å². The maximum Gasteiger partial charge on any atom is 0.272 e. The van der Waals surface area contributed by atoms with Crippen LogP contribution in [0, 0.1) is 0 Å². The number of hydrogen-bond donors (Lipinski definition) is 1. The Kier molecular flexibility index (Phi) is 6.44. The molecule has 5 heteroatoms. The number of nitrogens with zero attached hydrogens (tertiary/aromatic N) is 2. The summed E-state index contributed by atoms with van der Waals surface area (Å²) in [6, 6.07) is 11.7. The number of rotatable bonds is 5. The normalized spacial score (nSPS) is 12.0. The number of benzene rings is 1. The fourth-order valence-corrected chi connectivity index (χ4v) is 2.07. The van der Waals surface area contributed by atoms with E-state index < -0.39 is 0 Å². The first-order valence-electron chi connectivity index (χ1n) is 7.00. The van der Waals surface area contributed by atoms with Gasteiger partial charge in [0.15, 0.2) is 0 Å². The van der Waals surface area contributed by atoms with Crippen molar-refractivity contribution in [3.8, 4) is 0 Å². The van der Waals surface area contributed by atoms with Gasteiger partial charge in [0.1, 0.15) is 0 Å². The number of halogens is 1. The third-order valence-corrected chi connectivity index (χ3v) is 3.27. The van der Waals surface area contributed by atoms with Crippen LogP contribution in [0.15, 0.2) is 76.6 Å². The molecule has 0 aliphatic heterocycles. The summed E-state index contributed by atoms with van der Waals surface area (Å²) in [5, 5.41) is 4.03. The van der Waals surface area contributed by atoms with Crippen molar-refractivity contribution in [2.75, 3.05) is 0 Å². The van der Waals surface area contributed by atoms with E-state index in [1.54, 1.807) is 12.3 Å². The van der Waals surface area contributed by atoms with E-state index in [1.807, 2.05) is 61.6 Å². The Hall–Kier alpha value is -2.53. The summed E-state index contributed by atoms with van der Waals surface area (Å²) in [6.07, 6.45) is 10.7. The highest BCUT2D eigenvalue weighted by Crippen LogP contribution is 2.09. The quantitative estimate of drug-likeness (QED) is 0.487. The van der Waals surface area contributed by atoms with Crippen molar-refractivity contribution >= 4 is 33.6 Å². The van der Waals surface area contributed by atoms with Crippen molar-refractivity contribution in [3.63, 3.8) is 0 Å².